The maximum Gasteiger partial charge on any atom is 0.410 e. The van der Waals surface area contributed by atoms with Crippen LogP contribution in [0.1, 0.15) is 105 Å². The van der Waals surface area contributed by atoms with Crippen molar-refractivity contribution in [1.82, 2.24) is 15.5 Å². The summed E-state index contributed by atoms with van der Waals surface area (Å²) in [5.41, 5.74) is 1.11. The second kappa shape index (κ2) is 20.6. The molecule has 2 aromatic rings. The molecule has 0 aliphatic carbocycles. The second-order valence-electron chi connectivity index (χ2n) is 15.8. The van der Waals surface area contributed by atoms with Crippen LogP contribution in [0.5, 0.6) is 0 Å². The molecule has 0 bridgehead atoms. The maximum atomic E-state index is 14.0. The fourth-order valence-corrected chi connectivity index (χ4v) is 6.42. The lowest BCUT2D eigenvalue weighted by Crippen LogP contribution is -2.52. The van der Waals surface area contributed by atoms with Crippen LogP contribution in [0, 0.1) is 17.8 Å². The van der Waals surface area contributed by atoms with Gasteiger partial charge in [-0.25, -0.2) is 4.79 Å². The number of nitrogens with one attached hydrogen (secondary N) is 2. The van der Waals surface area contributed by atoms with Crippen LogP contribution < -0.4 is 10.6 Å². The molecule has 1 saturated heterocycles. The summed E-state index contributed by atoms with van der Waals surface area (Å²) in [5, 5.41) is 5.78. The molecule has 2 N–H and O–H groups in total. The molecule has 11 nitrogen and oxygen atoms in total. The van der Waals surface area contributed by atoms with Gasteiger partial charge in [0.2, 0.25) is 11.8 Å². The van der Waals surface area contributed by atoms with Crippen molar-refractivity contribution in [2.75, 3.05) is 6.54 Å². The van der Waals surface area contributed by atoms with Gasteiger partial charge in [-0.3, -0.25) is 28.9 Å². The summed E-state index contributed by atoms with van der Waals surface area (Å²) in [6.07, 6.45) is 1.14. The van der Waals surface area contributed by atoms with Gasteiger partial charge in [0, 0.05) is 31.7 Å². The monoisotopic (exact) mass is 733 g/mol. The van der Waals surface area contributed by atoms with Gasteiger partial charge in [0.05, 0.1) is 12.1 Å². The number of hydrogen-bond acceptors (Lipinski definition) is 8. The summed E-state index contributed by atoms with van der Waals surface area (Å²) < 4.78 is 11.0. The number of carbonyl (C=O) groups is 6. The smallest absolute Gasteiger partial charge is 0.410 e. The van der Waals surface area contributed by atoms with E-state index < -0.39 is 53.5 Å². The number of benzene rings is 2. The van der Waals surface area contributed by atoms with E-state index in [-0.39, 0.29) is 55.7 Å². The Morgan fingerprint density at radius 3 is 2.04 bits per heavy atom. The first kappa shape index (κ1) is 42.9. The highest BCUT2D eigenvalue weighted by Gasteiger charge is 2.38. The average Bonchev–Trinajstić information content (AvgIpc) is 3.60. The molecule has 3 amide bonds. The number of likely N-dealkylation sites (tertiary alicyclic amines) is 1. The van der Waals surface area contributed by atoms with E-state index in [1.807, 2.05) is 88.4 Å². The standard InChI is InChI=1S/C42H59N3O8/c1-28(2)25-33(43-40(50)34-19-14-24-45(34)41(51)52-27-31-17-12-9-13-18-31)36(47)26-32(21-23-37(48)53-42(5,6)7)39(49)44-38(29(3)4)35(46)22-20-30-15-10-8-11-16-30/h8-13,15-18,28-29,32-34,38H,14,19-27H2,1-7H3,(H,43,50)(H,44,49)/t32-,33+,34+,38+/m1/s1. The summed E-state index contributed by atoms with van der Waals surface area (Å²) in [5.74, 6) is -3.13. The van der Waals surface area contributed by atoms with Crippen LogP contribution in [0.15, 0.2) is 60.7 Å². The van der Waals surface area contributed by atoms with E-state index in [4.69, 9.17) is 9.47 Å². The molecule has 1 aliphatic heterocycles. The Bertz CT molecular complexity index is 1520. The van der Waals surface area contributed by atoms with Crippen molar-refractivity contribution in [2.45, 2.75) is 130 Å². The second-order valence-corrected chi connectivity index (χ2v) is 15.8. The van der Waals surface area contributed by atoms with Crippen LogP contribution in [-0.4, -0.2) is 70.6 Å². The lowest BCUT2D eigenvalue weighted by atomic mass is 9.89. The molecule has 0 radical (unpaired) electrons. The Labute approximate surface area is 314 Å². The zero-order chi connectivity index (χ0) is 39.1. The first-order valence-corrected chi connectivity index (χ1v) is 18.9. The summed E-state index contributed by atoms with van der Waals surface area (Å²) in [6, 6.07) is 16.4. The van der Waals surface area contributed by atoms with Gasteiger partial charge in [-0.15, -0.1) is 0 Å². The molecule has 11 heteroatoms. The third kappa shape index (κ3) is 14.8. The van der Waals surface area contributed by atoms with Gasteiger partial charge < -0.3 is 20.1 Å². The Morgan fingerprint density at radius 2 is 1.45 bits per heavy atom. The quantitative estimate of drug-likeness (QED) is 0.159. The fourth-order valence-electron chi connectivity index (χ4n) is 6.42. The number of amides is 3. The van der Waals surface area contributed by atoms with Crippen LogP contribution in [-0.2, 0) is 46.5 Å². The van der Waals surface area contributed by atoms with Gasteiger partial charge in [-0.05, 0) is 75.8 Å². The molecular weight excluding hydrogens is 674 g/mol. The molecule has 0 unspecified atom stereocenters. The fraction of sp³-hybridized carbons (Fsp3) is 0.571. The molecular formula is C42H59N3O8. The van der Waals surface area contributed by atoms with Gasteiger partial charge in [-0.1, -0.05) is 88.4 Å². The van der Waals surface area contributed by atoms with E-state index in [9.17, 15) is 28.8 Å². The molecule has 4 atom stereocenters. The van der Waals surface area contributed by atoms with E-state index in [0.717, 1.165) is 11.1 Å². The van der Waals surface area contributed by atoms with Crippen molar-refractivity contribution < 1.29 is 38.2 Å². The number of esters is 1. The van der Waals surface area contributed by atoms with Crippen molar-refractivity contribution in [3.8, 4) is 0 Å². The zero-order valence-electron chi connectivity index (χ0n) is 32.5. The lowest BCUT2D eigenvalue weighted by molar-refractivity contribution is -0.155. The Balaban J connectivity index is 1.74. The van der Waals surface area contributed by atoms with Crippen LogP contribution in [0.2, 0.25) is 0 Å². The number of ether oxygens (including phenoxy) is 2. The first-order chi connectivity index (χ1) is 25.0. The number of ketones is 2. The van der Waals surface area contributed by atoms with Gasteiger partial charge in [-0.2, -0.15) is 0 Å². The average molecular weight is 734 g/mol. The number of carbonyl (C=O) groups excluding carboxylic acids is 6. The molecule has 1 aliphatic rings. The minimum Gasteiger partial charge on any atom is -0.460 e. The first-order valence-electron chi connectivity index (χ1n) is 18.9. The third-order valence-corrected chi connectivity index (χ3v) is 9.16. The van der Waals surface area contributed by atoms with Crippen LogP contribution >= 0.6 is 0 Å². The van der Waals surface area contributed by atoms with E-state index >= 15 is 0 Å². The minimum absolute atomic E-state index is 0.0152. The van der Waals surface area contributed by atoms with Crippen molar-refractivity contribution in [3.05, 3.63) is 71.8 Å². The van der Waals surface area contributed by atoms with Crippen LogP contribution in [0.4, 0.5) is 4.79 Å². The lowest BCUT2D eigenvalue weighted by Gasteiger charge is -2.28. The maximum absolute atomic E-state index is 14.0. The molecule has 0 aromatic heterocycles. The van der Waals surface area contributed by atoms with Gasteiger partial charge in [0.15, 0.2) is 11.6 Å². The van der Waals surface area contributed by atoms with Crippen LogP contribution in [0.3, 0.4) is 0 Å². The summed E-state index contributed by atoms with van der Waals surface area (Å²) in [7, 11) is 0. The zero-order valence-corrected chi connectivity index (χ0v) is 32.5. The largest absolute Gasteiger partial charge is 0.460 e. The normalized spacial score (nSPS) is 16.1. The molecule has 0 saturated carbocycles. The Hall–Kier alpha value is -4.54. The summed E-state index contributed by atoms with van der Waals surface area (Å²) in [6.45, 7) is 13.2. The van der Waals surface area contributed by atoms with Gasteiger partial charge in [0.1, 0.15) is 18.2 Å². The molecule has 1 fully saturated rings. The van der Waals surface area contributed by atoms with Crippen LogP contribution in [0.25, 0.3) is 0 Å². The number of Topliss-reactive ketones (excluding diaryl/α,β-unsaturated/α-hetero) is 2. The third-order valence-electron chi connectivity index (χ3n) is 9.16. The molecule has 0 spiro atoms. The number of hydrogen-bond donors (Lipinski definition) is 2. The number of rotatable bonds is 19. The highest BCUT2D eigenvalue weighted by Crippen LogP contribution is 2.23. The number of aryl methyl sites for hydroxylation is 1. The summed E-state index contributed by atoms with van der Waals surface area (Å²) in [4.78, 5) is 82.1. The Morgan fingerprint density at radius 1 is 0.830 bits per heavy atom. The predicted molar refractivity (Wildman–Crippen MR) is 202 cm³/mol. The molecule has 1 heterocycles. The summed E-state index contributed by atoms with van der Waals surface area (Å²) >= 11 is 0. The van der Waals surface area contributed by atoms with Crippen molar-refractivity contribution >= 4 is 35.4 Å². The van der Waals surface area contributed by atoms with E-state index in [2.05, 4.69) is 10.6 Å². The topological polar surface area (TPSA) is 148 Å². The number of nitrogens with zero attached hydrogens (tertiary/aromatic N) is 1. The SMILES string of the molecule is CC(C)C[C@H](NC(=O)[C@@H]1CCCN1C(=O)OCc1ccccc1)C(=O)C[C@@H](CCC(=O)OC(C)(C)C)C(=O)N[C@H](C(=O)CCc1ccccc1)C(C)C. The predicted octanol–water partition coefficient (Wildman–Crippen LogP) is 6.36. The van der Waals surface area contributed by atoms with Crippen molar-refractivity contribution in [3.63, 3.8) is 0 Å². The molecule has 53 heavy (non-hydrogen) atoms. The van der Waals surface area contributed by atoms with E-state index in [1.165, 1.54) is 4.90 Å². The van der Waals surface area contributed by atoms with Gasteiger partial charge in [0.25, 0.3) is 0 Å². The van der Waals surface area contributed by atoms with Crippen molar-refractivity contribution in [1.29, 1.82) is 0 Å². The molecule has 2 aromatic carbocycles. The van der Waals surface area contributed by atoms with E-state index in [0.29, 0.717) is 32.2 Å². The Kier molecular flexibility index (Phi) is 16.7. The highest BCUT2D eigenvalue weighted by atomic mass is 16.6. The minimum atomic E-state index is -0.958. The van der Waals surface area contributed by atoms with Gasteiger partial charge >= 0.3 is 12.1 Å². The van der Waals surface area contributed by atoms with Crippen molar-refractivity contribution in [2.24, 2.45) is 17.8 Å². The van der Waals surface area contributed by atoms with E-state index in [1.54, 1.807) is 20.8 Å². The molecule has 290 valence electrons. The molecule has 3 rings (SSSR count). The highest BCUT2D eigenvalue weighted by molar-refractivity contribution is 5.96.